The van der Waals surface area contributed by atoms with E-state index in [1.54, 1.807) is 0 Å². The highest BCUT2D eigenvalue weighted by Crippen LogP contribution is 2.12. The number of carboxylic acids is 2. The van der Waals surface area contributed by atoms with E-state index in [9.17, 15) is 89.0 Å². The van der Waals surface area contributed by atoms with Crippen LogP contribution in [0, 0.1) is 0 Å². The number of carbonyl (C=O) groups is 10. The maximum absolute atomic E-state index is 13.7. The van der Waals surface area contributed by atoms with Gasteiger partial charge in [0.25, 0.3) is 5.91 Å². The number of carboxylic acid groups (broad SMARTS) is 2. The number of unbranched alkanes of at least 4 members (excludes halogenated alkanes) is 1. The Kier molecular flexibility index (Phi) is 24.2. The summed E-state index contributed by atoms with van der Waals surface area (Å²) in [5, 5.41) is 92.5. The van der Waals surface area contributed by atoms with Gasteiger partial charge in [0, 0.05) is 32.6 Å². The van der Waals surface area contributed by atoms with Gasteiger partial charge in [-0.15, -0.1) is 0 Å². The van der Waals surface area contributed by atoms with Crippen LogP contribution in [0.4, 0.5) is 0 Å². The third-order valence-corrected chi connectivity index (χ3v) is 9.55. The first-order valence-electron chi connectivity index (χ1n) is 20.0. The Bertz CT molecular complexity index is 1730. The van der Waals surface area contributed by atoms with Crippen LogP contribution in [-0.2, 0) is 47.9 Å². The molecule has 1 aliphatic heterocycles. The summed E-state index contributed by atoms with van der Waals surface area (Å²) in [4.78, 5) is 131. The van der Waals surface area contributed by atoms with Gasteiger partial charge in [-0.2, -0.15) is 0 Å². The number of hydrogen-bond acceptors (Lipinski definition) is 18. The van der Waals surface area contributed by atoms with Gasteiger partial charge in [0.1, 0.15) is 36.3 Å². The summed E-state index contributed by atoms with van der Waals surface area (Å²) in [6.45, 7) is 0.718. The normalized spacial score (nSPS) is 17.8. The van der Waals surface area contributed by atoms with Gasteiger partial charge < -0.3 is 79.7 Å². The maximum Gasteiger partial charge on any atom is 0.335 e. The van der Waals surface area contributed by atoms with Crippen LogP contribution in [0.3, 0.4) is 0 Å². The number of nitrogens with two attached hydrogens (primary N) is 3. The summed E-state index contributed by atoms with van der Waals surface area (Å²) in [6, 6.07) is -12.6. The van der Waals surface area contributed by atoms with Crippen molar-refractivity contribution in [2.24, 2.45) is 22.2 Å². The Morgan fingerprint density at radius 3 is 1.82 bits per heavy atom. The van der Waals surface area contributed by atoms with Crippen LogP contribution in [0.15, 0.2) is 4.99 Å². The largest absolute Gasteiger partial charge is 0.479 e. The van der Waals surface area contributed by atoms with E-state index in [2.05, 4.69) is 20.9 Å². The predicted molar refractivity (Wildman–Crippen MR) is 216 cm³/mol. The minimum absolute atomic E-state index is 0.0168. The summed E-state index contributed by atoms with van der Waals surface area (Å²) < 4.78 is 0. The highest BCUT2D eigenvalue weighted by Gasteiger charge is 2.40. The van der Waals surface area contributed by atoms with E-state index >= 15 is 0 Å². The highest BCUT2D eigenvalue weighted by molar-refractivity contribution is 5.99. The van der Waals surface area contributed by atoms with E-state index in [1.165, 1.54) is 6.92 Å². The highest BCUT2D eigenvalue weighted by atomic mass is 16.5. The van der Waals surface area contributed by atoms with Crippen LogP contribution in [0.2, 0.25) is 0 Å². The van der Waals surface area contributed by atoms with Gasteiger partial charge in [-0.3, -0.25) is 53.8 Å². The first kappa shape index (κ1) is 56.7. The lowest BCUT2D eigenvalue weighted by molar-refractivity contribution is -0.173. The molecule has 30 nitrogen and oxygen atoms in total. The average Bonchev–Trinajstić information content (AvgIpc) is 3.23. The summed E-state index contributed by atoms with van der Waals surface area (Å²) >= 11 is 0. The lowest BCUT2D eigenvalue weighted by atomic mass is 10.0. The van der Waals surface area contributed by atoms with Crippen molar-refractivity contribution in [2.45, 2.75) is 126 Å². The summed E-state index contributed by atoms with van der Waals surface area (Å²) in [7, 11) is 0. The molecule has 0 unspecified atom stereocenters. The Balaban J connectivity index is 3.44. The first-order chi connectivity index (χ1) is 30.3. The number of rotatable bonds is 28. The summed E-state index contributed by atoms with van der Waals surface area (Å²) in [5.41, 5.74) is 16.1. The minimum Gasteiger partial charge on any atom is -0.479 e. The van der Waals surface area contributed by atoms with Gasteiger partial charge >= 0.3 is 11.9 Å². The second-order valence-electron chi connectivity index (χ2n) is 14.8. The predicted octanol–water partition coefficient (Wildman–Crippen LogP) is -8.65. The van der Waals surface area contributed by atoms with E-state index in [1.807, 2.05) is 16.0 Å². The molecule has 1 fully saturated rings. The quantitative estimate of drug-likeness (QED) is 0.0114. The van der Waals surface area contributed by atoms with Crippen molar-refractivity contribution in [1.29, 1.82) is 0 Å². The molecule has 0 radical (unpaired) electrons. The van der Waals surface area contributed by atoms with Crippen LogP contribution < -0.4 is 49.1 Å². The molecule has 10 atom stereocenters. The van der Waals surface area contributed by atoms with Crippen molar-refractivity contribution in [3.8, 4) is 0 Å². The van der Waals surface area contributed by atoms with Crippen LogP contribution in [0.5, 0.6) is 0 Å². The molecule has 1 saturated heterocycles. The molecule has 65 heavy (non-hydrogen) atoms. The average molecular weight is 937 g/mol. The fourth-order valence-electron chi connectivity index (χ4n) is 5.79. The van der Waals surface area contributed by atoms with E-state index in [-0.39, 0.29) is 64.1 Å². The number of aliphatic carboxylic acids is 2. The topological polar surface area (TPSA) is 502 Å². The van der Waals surface area contributed by atoms with E-state index in [0.29, 0.717) is 10.1 Å². The van der Waals surface area contributed by atoms with Crippen LogP contribution in [0.1, 0.15) is 65.2 Å². The Hall–Kier alpha value is -6.31. The molecule has 1 heterocycles. The maximum atomic E-state index is 13.7. The fourth-order valence-corrected chi connectivity index (χ4v) is 5.79. The van der Waals surface area contributed by atoms with Gasteiger partial charge in [-0.25, -0.2) is 19.7 Å². The Labute approximate surface area is 370 Å². The number of hydroxylamine groups is 4. The molecule has 0 aromatic heterocycles. The first-order valence-corrected chi connectivity index (χ1v) is 20.0. The monoisotopic (exact) mass is 936 g/mol. The molecule has 0 spiro atoms. The number of guanidine groups is 1. The van der Waals surface area contributed by atoms with Gasteiger partial charge in [0.2, 0.25) is 41.4 Å². The van der Waals surface area contributed by atoms with Gasteiger partial charge in [-0.05, 0) is 51.9 Å². The molecule has 0 aromatic rings. The standard InChI is InChI=1S/C35H60N12O18/c1-15(36)21(50)13-22(51)44-23(25(52)33(60)61)30(57)41-17(7-3-4-10-39-35(37)38)28(55)45-24(26(53)34(62)63)31(58)43-20(14-48)29(56)40-18(8-5-11-46(64)16(2)49)27(54)42-19-9-6-12-47(65)32(19)59/h15,17-21,23-26,48,50,52-53,64-65H,3-14,36H2,1-2H3,(H,40,56)(H,41,57)(H,42,54)(H,43,58)(H,44,51)(H,45,55)(H,60,61)(H,62,63)(H4,37,38,39)/t15-,17+,18-,19+,20-,21+,23-,24+,25-,26+/m0/s1. The molecule has 8 amide bonds. The van der Waals surface area contributed by atoms with Crippen LogP contribution in [-0.4, -0.2) is 203 Å². The van der Waals surface area contributed by atoms with E-state index in [4.69, 9.17) is 17.2 Å². The zero-order chi connectivity index (χ0) is 49.7. The zero-order valence-electron chi connectivity index (χ0n) is 35.5. The van der Waals surface area contributed by atoms with Crippen molar-refractivity contribution in [2.75, 3.05) is 26.2 Å². The smallest absolute Gasteiger partial charge is 0.335 e. The molecule has 0 aliphatic carbocycles. The zero-order valence-corrected chi connectivity index (χ0v) is 35.5. The van der Waals surface area contributed by atoms with E-state index in [0.717, 1.165) is 6.92 Å². The number of piperidine rings is 1. The fraction of sp³-hybridized carbons (Fsp3) is 0.686. The van der Waals surface area contributed by atoms with Crippen molar-refractivity contribution < 1.29 is 89.0 Å². The summed E-state index contributed by atoms with van der Waals surface area (Å²) in [6.07, 6.45) is -8.16. The van der Waals surface area contributed by atoms with Gasteiger partial charge in [-0.1, -0.05) is 0 Å². The lowest BCUT2D eigenvalue weighted by Gasteiger charge is -2.30. The molecule has 0 aromatic carbocycles. The SMILES string of the molecule is CC(=O)N(O)CCC[C@H](NC(=O)[C@H](CO)NC(=O)[C@H](NC(=O)[C@@H](CCCCN=C(N)N)NC(=O)[C@@H](NC(=O)C[C@@H](O)[C@H](C)N)[C@H](O)C(=O)O)[C@@H](O)C(=O)O)C(=O)N[C@@H]1CCCN(O)C1=O. The van der Waals surface area contributed by atoms with Gasteiger partial charge in [0.05, 0.1) is 19.1 Å². The molecule has 0 bridgehead atoms. The Morgan fingerprint density at radius 2 is 1.29 bits per heavy atom. The van der Waals surface area contributed by atoms with E-state index < -0.39 is 139 Å². The molecule has 368 valence electrons. The molecular formula is C35H60N12O18. The minimum atomic E-state index is -2.81. The molecule has 1 aliphatic rings. The molecule has 30 heteroatoms. The Morgan fingerprint density at radius 1 is 0.785 bits per heavy atom. The third kappa shape index (κ3) is 19.5. The second-order valence-corrected chi connectivity index (χ2v) is 14.8. The van der Waals surface area contributed by atoms with Crippen molar-refractivity contribution >= 4 is 65.2 Å². The second kappa shape index (κ2) is 27.8. The lowest BCUT2D eigenvalue weighted by Crippen LogP contribution is -2.64. The van der Waals surface area contributed by atoms with Gasteiger partial charge in [0.15, 0.2) is 18.2 Å². The van der Waals surface area contributed by atoms with Crippen molar-refractivity contribution in [3.63, 3.8) is 0 Å². The molecule has 0 saturated carbocycles. The number of nitrogens with zero attached hydrogens (tertiary/aromatic N) is 3. The number of aliphatic hydroxyl groups is 4. The number of aliphatic imine (C=N–C) groups is 1. The number of amides is 8. The third-order valence-electron chi connectivity index (χ3n) is 9.55. The number of aliphatic hydroxyl groups excluding tert-OH is 4. The van der Waals surface area contributed by atoms with Crippen molar-refractivity contribution in [1.82, 2.24) is 42.0 Å². The number of carbonyl (C=O) groups excluding carboxylic acids is 8. The summed E-state index contributed by atoms with van der Waals surface area (Å²) in [5.74, 6) is -14.2. The molecular weight excluding hydrogens is 876 g/mol. The number of nitrogens with one attached hydrogen (secondary N) is 6. The molecule has 1 rings (SSSR count). The van der Waals surface area contributed by atoms with Crippen LogP contribution >= 0.6 is 0 Å². The van der Waals surface area contributed by atoms with Crippen LogP contribution in [0.25, 0.3) is 0 Å². The van der Waals surface area contributed by atoms with Crippen molar-refractivity contribution in [3.05, 3.63) is 0 Å². The number of hydrogen-bond donors (Lipinski definition) is 17. The molecule has 20 N–H and O–H groups in total.